The highest BCUT2D eigenvalue weighted by atomic mass is 15.1. The molecule has 1 atom stereocenters. The van der Waals surface area contributed by atoms with Crippen molar-refractivity contribution in [2.24, 2.45) is 0 Å². The van der Waals surface area contributed by atoms with Crippen LogP contribution < -0.4 is 5.32 Å². The van der Waals surface area contributed by atoms with E-state index in [9.17, 15) is 0 Å². The monoisotopic (exact) mass is 233 g/mol. The normalized spacial score (nSPS) is 19.1. The third-order valence-corrected chi connectivity index (χ3v) is 3.53. The number of aromatic nitrogens is 1. The molecule has 94 valence electrons. The Kier molecular flexibility index (Phi) is 4.95. The fourth-order valence-electron chi connectivity index (χ4n) is 2.39. The summed E-state index contributed by atoms with van der Waals surface area (Å²) < 4.78 is 0. The second kappa shape index (κ2) is 6.72. The van der Waals surface area contributed by atoms with Gasteiger partial charge in [-0.1, -0.05) is 6.42 Å². The van der Waals surface area contributed by atoms with Crippen molar-refractivity contribution >= 4 is 0 Å². The molecule has 1 aliphatic rings. The number of piperidine rings is 1. The summed E-state index contributed by atoms with van der Waals surface area (Å²) in [5.74, 6) is 0. The van der Waals surface area contributed by atoms with E-state index in [-0.39, 0.29) is 0 Å². The third-order valence-electron chi connectivity index (χ3n) is 3.53. The Morgan fingerprint density at radius 3 is 2.65 bits per heavy atom. The van der Waals surface area contributed by atoms with Crippen molar-refractivity contribution in [3.05, 3.63) is 30.1 Å². The Hall–Kier alpha value is -0.930. The Labute approximate surface area is 104 Å². The lowest BCUT2D eigenvalue weighted by Gasteiger charge is -2.27. The van der Waals surface area contributed by atoms with Crippen LogP contribution in [0.3, 0.4) is 0 Å². The molecule has 1 unspecified atom stereocenters. The third kappa shape index (κ3) is 4.10. The van der Waals surface area contributed by atoms with Crippen molar-refractivity contribution in [2.45, 2.75) is 32.2 Å². The second-order valence-corrected chi connectivity index (χ2v) is 4.86. The molecule has 1 aromatic heterocycles. The first kappa shape index (κ1) is 12.5. The van der Waals surface area contributed by atoms with Gasteiger partial charge in [0.1, 0.15) is 0 Å². The molecule has 1 aromatic rings. The number of nitrogens with zero attached hydrogens (tertiary/aromatic N) is 2. The summed E-state index contributed by atoms with van der Waals surface area (Å²) in [7, 11) is 0. The van der Waals surface area contributed by atoms with Gasteiger partial charge in [-0.3, -0.25) is 4.98 Å². The minimum absolute atomic E-state index is 0.419. The van der Waals surface area contributed by atoms with Crippen LogP contribution in [0.1, 0.15) is 37.8 Å². The smallest absolute Gasteiger partial charge is 0.0293 e. The molecule has 0 saturated carbocycles. The van der Waals surface area contributed by atoms with Crippen LogP contribution in [0.25, 0.3) is 0 Å². The summed E-state index contributed by atoms with van der Waals surface area (Å²) >= 11 is 0. The van der Waals surface area contributed by atoms with Gasteiger partial charge >= 0.3 is 0 Å². The van der Waals surface area contributed by atoms with E-state index >= 15 is 0 Å². The molecule has 0 aromatic carbocycles. The van der Waals surface area contributed by atoms with Gasteiger partial charge in [-0.25, -0.2) is 0 Å². The zero-order chi connectivity index (χ0) is 11.9. The highest BCUT2D eigenvalue weighted by Gasteiger charge is 2.10. The molecule has 1 saturated heterocycles. The number of likely N-dealkylation sites (tertiary alicyclic amines) is 1. The first-order chi connectivity index (χ1) is 8.36. The predicted octanol–water partition coefficient (Wildman–Crippen LogP) is 2.22. The summed E-state index contributed by atoms with van der Waals surface area (Å²) in [6.07, 6.45) is 7.88. The first-order valence-corrected chi connectivity index (χ1v) is 6.72. The maximum Gasteiger partial charge on any atom is 0.0293 e. The van der Waals surface area contributed by atoms with Crippen LogP contribution >= 0.6 is 0 Å². The number of rotatable bonds is 5. The fourth-order valence-corrected chi connectivity index (χ4v) is 2.39. The Morgan fingerprint density at radius 2 is 1.94 bits per heavy atom. The lowest BCUT2D eigenvalue weighted by molar-refractivity contribution is 0.227. The lowest BCUT2D eigenvalue weighted by atomic mass is 10.1. The van der Waals surface area contributed by atoms with Gasteiger partial charge in [0, 0.05) is 31.5 Å². The van der Waals surface area contributed by atoms with E-state index in [2.05, 4.69) is 34.3 Å². The standard InChI is InChI=1S/C14H23N3/c1-13(14-5-7-15-8-6-14)16-9-12-17-10-3-2-4-11-17/h5-8,13,16H,2-4,9-12H2,1H3. The highest BCUT2D eigenvalue weighted by Crippen LogP contribution is 2.10. The summed E-state index contributed by atoms with van der Waals surface area (Å²) in [6, 6.07) is 4.58. The number of hydrogen-bond acceptors (Lipinski definition) is 3. The predicted molar refractivity (Wildman–Crippen MR) is 70.9 cm³/mol. The molecular weight excluding hydrogens is 210 g/mol. The molecule has 0 aliphatic carbocycles. The highest BCUT2D eigenvalue weighted by molar-refractivity contribution is 5.13. The molecule has 0 spiro atoms. The van der Waals surface area contributed by atoms with Gasteiger partial charge in [0.05, 0.1) is 0 Å². The molecular formula is C14H23N3. The second-order valence-electron chi connectivity index (χ2n) is 4.86. The quantitative estimate of drug-likeness (QED) is 0.845. The van der Waals surface area contributed by atoms with E-state index in [0.29, 0.717) is 6.04 Å². The Bertz CT molecular complexity index is 307. The van der Waals surface area contributed by atoms with Crippen molar-refractivity contribution < 1.29 is 0 Å². The van der Waals surface area contributed by atoms with Gasteiger partial charge in [-0.15, -0.1) is 0 Å². The molecule has 1 aliphatic heterocycles. The van der Waals surface area contributed by atoms with E-state index in [4.69, 9.17) is 0 Å². The summed E-state index contributed by atoms with van der Waals surface area (Å²) in [4.78, 5) is 6.61. The lowest BCUT2D eigenvalue weighted by Crippen LogP contribution is -2.36. The zero-order valence-corrected chi connectivity index (χ0v) is 10.7. The Morgan fingerprint density at radius 1 is 1.24 bits per heavy atom. The number of pyridine rings is 1. The average Bonchev–Trinajstić information content (AvgIpc) is 2.41. The SMILES string of the molecule is CC(NCCN1CCCCC1)c1ccncc1. The van der Waals surface area contributed by atoms with E-state index in [1.165, 1.54) is 44.5 Å². The number of nitrogens with one attached hydrogen (secondary N) is 1. The zero-order valence-electron chi connectivity index (χ0n) is 10.7. The van der Waals surface area contributed by atoms with Gasteiger partial charge in [0.15, 0.2) is 0 Å². The van der Waals surface area contributed by atoms with Gasteiger partial charge in [-0.2, -0.15) is 0 Å². The van der Waals surface area contributed by atoms with Crippen molar-refractivity contribution in [2.75, 3.05) is 26.2 Å². The van der Waals surface area contributed by atoms with Gasteiger partial charge in [0.2, 0.25) is 0 Å². The van der Waals surface area contributed by atoms with Gasteiger partial charge in [-0.05, 0) is 50.6 Å². The fraction of sp³-hybridized carbons (Fsp3) is 0.643. The summed E-state index contributed by atoms with van der Waals surface area (Å²) in [6.45, 7) is 7.03. The van der Waals surface area contributed by atoms with E-state index < -0.39 is 0 Å². The topological polar surface area (TPSA) is 28.2 Å². The van der Waals surface area contributed by atoms with Crippen molar-refractivity contribution in [1.82, 2.24) is 15.2 Å². The molecule has 3 heteroatoms. The van der Waals surface area contributed by atoms with Crippen LogP contribution in [0.4, 0.5) is 0 Å². The number of hydrogen-bond donors (Lipinski definition) is 1. The van der Waals surface area contributed by atoms with Crippen LogP contribution in [0.15, 0.2) is 24.5 Å². The van der Waals surface area contributed by atoms with Crippen LogP contribution in [0.5, 0.6) is 0 Å². The van der Waals surface area contributed by atoms with E-state index in [1.807, 2.05) is 12.4 Å². The largest absolute Gasteiger partial charge is 0.309 e. The minimum atomic E-state index is 0.419. The van der Waals surface area contributed by atoms with Gasteiger partial charge < -0.3 is 10.2 Å². The molecule has 17 heavy (non-hydrogen) atoms. The average molecular weight is 233 g/mol. The molecule has 1 fully saturated rings. The van der Waals surface area contributed by atoms with E-state index in [1.54, 1.807) is 0 Å². The minimum Gasteiger partial charge on any atom is -0.309 e. The van der Waals surface area contributed by atoms with E-state index in [0.717, 1.165) is 6.54 Å². The van der Waals surface area contributed by atoms with Crippen LogP contribution in [-0.2, 0) is 0 Å². The van der Waals surface area contributed by atoms with Gasteiger partial charge in [0.25, 0.3) is 0 Å². The molecule has 2 rings (SSSR count). The van der Waals surface area contributed by atoms with Crippen molar-refractivity contribution in [3.63, 3.8) is 0 Å². The molecule has 2 heterocycles. The van der Waals surface area contributed by atoms with Crippen LogP contribution in [0, 0.1) is 0 Å². The molecule has 0 radical (unpaired) electrons. The Balaban J connectivity index is 1.67. The molecule has 1 N–H and O–H groups in total. The van der Waals surface area contributed by atoms with Crippen LogP contribution in [-0.4, -0.2) is 36.1 Å². The molecule has 3 nitrogen and oxygen atoms in total. The summed E-state index contributed by atoms with van der Waals surface area (Å²) in [5.41, 5.74) is 1.32. The van der Waals surface area contributed by atoms with Crippen molar-refractivity contribution in [1.29, 1.82) is 0 Å². The maximum atomic E-state index is 4.05. The first-order valence-electron chi connectivity index (χ1n) is 6.72. The maximum absolute atomic E-state index is 4.05. The van der Waals surface area contributed by atoms with Crippen LogP contribution in [0.2, 0.25) is 0 Å². The van der Waals surface area contributed by atoms with Crippen molar-refractivity contribution in [3.8, 4) is 0 Å². The molecule has 0 bridgehead atoms. The summed E-state index contributed by atoms with van der Waals surface area (Å²) in [5, 5.41) is 3.58. The molecule has 0 amide bonds.